The lowest BCUT2D eigenvalue weighted by molar-refractivity contribution is 1.13. The minimum Gasteiger partial charge on any atom is -0.0874 e. The van der Waals surface area contributed by atoms with Crippen LogP contribution in [0, 0.1) is 0 Å². The molecule has 0 heterocycles. The third-order valence-corrected chi connectivity index (χ3v) is 3.45. The second-order valence-electron chi connectivity index (χ2n) is 4.66. The van der Waals surface area contributed by atoms with Gasteiger partial charge in [0.15, 0.2) is 0 Å². The maximum absolute atomic E-state index is 2.34. The van der Waals surface area contributed by atoms with Crippen molar-refractivity contribution in [3.05, 3.63) is 76.4 Å². The van der Waals surface area contributed by atoms with Gasteiger partial charge in [0.05, 0.1) is 0 Å². The van der Waals surface area contributed by atoms with Crippen LogP contribution in [0.5, 0.6) is 0 Å². The molecule has 84 valence electrons. The summed E-state index contributed by atoms with van der Waals surface area (Å²) in [6, 6.07) is 8.68. The zero-order valence-electron chi connectivity index (χ0n) is 10.1. The molecule has 3 rings (SSSR count). The maximum Gasteiger partial charge on any atom is -0.00168 e. The first-order chi connectivity index (χ1) is 8.36. The molecular formula is C17H16. The minimum atomic E-state index is 1.09. The van der Waals surface area contributed by atoms with E-state index in [4.69, 9.17) is 0 Å². The predicted octanol–water partition coefficient (Wildman–Crippen LogP) is 4.46. The van der Waals surface area contributed by atoms with Crippen LogP contribution >= 0.6 is 0 Å². The summed E-state index contributed by atoms with van der Waals surface area (Å²) >= 11 is 0. The van der Waals surface area contributed by atoms with E-state index >= 15 is 0 Å². The Hall–Kier alpha value is -1.82. The summed E-state index contributed by atoms with van der Waals surface area (Å²) in [5, 5.41) is 0. The van der Waals surface area contributed by atoms with Gasteiger partial charge in [-0.05, 0) is 47.6 Å². The Morgan fingerprint density at radius 1 is 1.00 bits per heavy atom. The lowest BCUT2D eigenvalue weighted by Gasteiger charge is -2.03. The van der Waals surface area contributed by atoms with Gasteiger partial charge in [-0.25, -0.2) is 0 Å². The monoisotopic (exact) mass is 220 g/mol. The first-order valence-electron chi connectivity index (χ1n) is 6.18. The van der Waals surface area contributed by atoms with Gasteiger partial charge < -0.3 is 0 Å². The predicted molar refractivity (Wildman–Crippen MR) is 73.7 cm³/mol. The molecule has 17 heavy (non-hydrogen) atoms. The molecule has 0 spiro atoms. The van der Waals surface area contributed by atoms with Crippen LogP contribution in [0.1, 0.15) is 24.5 Å². The van der Waals surface area contributed by atoms with Crippen LogP contribution < -0.4 is 0 Å². The molecule has 0 fully saturated rings. The lowest BCUT2D eigenvalue weighted by Crippen LogP contribution is -1.88. The average molecular weight is 220 g/mol. The van der Waals surface area contributed by atoms with Gasteiger partial charge in [-0.15, -0.1) is 0 Å². The first kappa shape index (κ1) is 10.3. The fourth-order valence-electron chi connectivity index (χ4n) is 2.58. The quantitative estimate of drug-likeness (QED) is 0.690. The van der Waals surface area contributed by atoms with Gasteiger partial charge >= 0.3 is 0 Å². The van der Waals surface area contributed by atoms with Crippen molar-refractivity contribution in [2.45, 2.75) is 19.8 Å². The maximum atomic E-state index is 2.34. The lowest BCUT2D eigenvalue weighted by atomic mass is 10.0. The summed E-state index contributed by atoms with van der Waals surface area (Å²) in [4.78, 5) is 0. The Labute approximate surface area is 103 Å². The largest absolute Gasteiger partial charge is 0.0874 e. The molecule has 0 saturated carbocycles. The fourth-order valence-corrected chi connectivity index (χ4v) is 2.58. The van der Waals surface area contributed by atoms with Crippen molar-refractivity contribution in [3.8, 4) is 0 Å². The molecule has 2 aliphatic rings. The summed E-state index contributed by atoms with van der Waals surface area (Å²) in [5.41, 5.74) is 7.24. The SMILES string of the molecule is C/C=C/C1=CC=C(C2=Cc3ccccc3C2)C1. The first-order valence-corrected chi connectivity index (χ1v) is 6.18. The number of rotatable bonds is 2. The number of hydrogen-bond acceptors (Lipinski definition) is 0. The highest BCUT2D eigenvalue weighted by Gasteiger charge is 2.17. The molecule has 1 aromatic carbocycles. The Balaban J connectivity index is 1.79. The van der Waals surface area contributed by atoms with Crippen molar-refractivity contribution in [2.75, 3.05) is 0 Å². The van der Waals surface area contributed by atoms with E-state index in [2.05, 4.69) is 61.6 Å². The normalized spacial score (nSPS) is 18.1. The molecular weight excluding hydrogens is 204 g/mol. The number of benzene rings is 1. The van der Waals surface area contributed by atoms with Crippen LogP contribution in [0.25, 0.3) is 6.08 Å². The summed E-state index contributed by atoms with van der Waals surface area (Å²) in [6.45, 7) is 2.07. The molecule has 0 unspecified atom stereocenters. The van der Waals surface area contributed by atoms with E-state index in [0.29, 0.717) is 0 Å². The van der Waals surface area contributed by atoms with E-state index in [9.17, 15) is 0 Å². The third kappa shape index (κ3) is 1.91. The minimum absolute atomic E-state index is 1.09. The zero-order valence-corrected chi connectivity index (χ0v) is 10.1. The third-order valence-electron chi connectivity index (χ3n) is 3.45. The van der Waals surface area contributed by atoms with Crippen LogP contribution in [-0.2, 0) is 6.42 Å². The van der Waals surface area contributed by atoms with E-state index in [1.807, 2.05) is 0 Å². The van der Waals surface area contributed by atoms with Crippen molar-refractivity contribution in [2.24, 2.45) is 0 Å². The van der Waals surface area contributed by atoms with Gasteiger partial charge in [0, 0.05) is 0 Å². The molecule has 0 bridgehead atoms. The van der Waals surface area contributed by atoms with Crippen LogP contribution in [0.15, 0.2) is 65.3 Å². The van der Waals surface area contributed by atoms with Gasteiger partial charge in [0.2, 0.25) is 0 Å². The molecule has 0 radical (unpaired) electrons. The molecule has 0 atom stereocenters. The molecule has 0 heteroatoms. The van der Waals surface area contributed by atoms with Crippen molar-refractivity contribution in [1.82, 2.24) is 0 Å². The highest BCUT2D eigenvalue weighted by molar-refractivity contribution is 5.69. The van der Waals surface area contributed by atoms with Crippen molar-refractivity contribution in [1.29, 1.82) is 0 Å². The molecule has 0 nitrogen and oxygen atoms in total. The van der Waals surface area contributed by atoms with E-state index < -0.39 is 0 Å². The number of fused-ring (bicyclic) bond motifs is 1. The van der Waals surface area contributed by atoms with Gasteiger partial charge in [-0.1, -0.05) is 54.6 Å². The topological polar surface area (TPSA) is 0 Å². The van der Waals surface area contributed by atoms with Crippen molar-refractivity contribution >= 4 is 6.08 Å². The number of allylic oxidation sites excluding steroid dienone is 7. The smallest absolute Gasteiger partial charge is 0.00168 e. The molecule has 0 N–H and O–H groups in total. The van der Waals surface area contributed by atoms with Gasteiger partial charge in [0.25, 0.3) is 0 Å². The molecule has 0 aliphatic heterocycles. The number of hydrogen-bond donors (Lipinski definition) is 0. The van der Waals surface area contributed by atoms with E-state index in [1.54, 1.807) is 0 Å². The van der Waals surface area contributed by atoms with Crippen molar-refractivity contribution in [3.63, 3.8) is 0 Å². The molecule has 0 amide bonds. The standard InChI is InChI=1S/C17H16/c1-2-5-13-8-9-16(10-13)17-11-14-6-3-4-7-15(14)12-17/h2-9,11H,10,12H2,1H3/b5-2+. The summed E-state index contributed by atoms with van der Waals surface area (Å²) in [5.74, 6) is 0. The average Bonchev–Trinajstić information content (AvgIpc) is 2.94. The van der Waals surface area contributed by atoms with E-state index in [0.717, 1.165) is 12.8 Å². The van der Waals surface area contributed by atoms with Crippen LogP contribution in [0.3, 0.4) is 0 Å². The van der Waals surface area contributed by atoms with Crippen LogP contribution in [0.4, 0.5) is 0 Å². The Bertz CT molecular complexity index is 565. The fraction of sp³-hybridized carbons (Fsp3) is 0.176. The Morgan fingerprint density at radius 3 is 2.71 bits per heavy atom. The zero-order chi connectivity index (χ0) is 11.7. The Morgan fingerprint density at radius 2 is 1.88 bits per heavy atom. The summed E-state index contributed by atoms with van der Waals surface area (Å²) in [6.07, 6.45) is 13.3. The van der Waals surface area contributed by atoms with Crippen LogP contribution in [-0.4, -0.2) is 0 Å². The Kier molecular flexibility index (Phi) is 2.56. The summed E-state index contributed by atoms with van der Waals surface area (Å²) in [7, 11) is 0. The van der Waals surface area contributed by atoms with E-state index in [-0.39, 0.29) is 0 Å². The molecule has 0 saturated heterocycles. The molecule has 1 aromatic rings. The van der Waals surface area contributed by atoms with Gasteiger partial charge in [0.1, 0.15) is 0 Å². The van der Waals surface area contributed by atoms with Gasteiger partial charge in [-0.3, -0.25) is 0 Å². The summed E-state index contributed by atoms with van der Waals surface area (Å²) < 4.78 is 0. The molecule has 0 aromatic heterocycles. The van der Waals surface area contributed by atoms with Crippen LogP contribution in [0.2, 0.25) is 0 Å². The molecule has 2 aliphatic carbocycles. The van der Waals surface area contributed by atoms with Crippen molar-refractivity contribution < 1.29 is 0 Å². The second kappa shape index (κ2) is 4.21. The van der Waals surface area contributed by atoms with E-state index in [1.165, 1.54) is 27.8 Å². The highest BCUT2D eigenvalue weighted by Crippen LogP contribution is 2.34. The second-order valence-corrected chi connectivity index (χ2v) is 4.66. The van der Waals surface area contributed by atoms with Gasteiger partial charge in [-0.2, -0.15) is 0 Å². The highest BCUT2D eigenvalue weighted by atomic mass is 14.2.